The molecule has 1 radical (unpaired) electrons. The molecule has 0 saturated carbocycles. The number of hydrogen-bond acceptors (Lipinski definition) is 0. The Labute approximate surface area is 66.6 Å². The van der Waals surface area contributed by atoms with E-state index in [9.17, 15) is 13.2 Å². The van der Waals surface area contributed by atoms with Gasteiger partial charge < -0.3 is 0 Å². The van der Waals surface area contributed by atoms with E-state index in [1.807, 2.05) is 0 Å². The van der Waals surface area contributed by atoms with Gasteiger partial charge in [0.05, 0.1) is 0 Å². The van der Waals surface area contributed by atoms with Crippen LogP contribution in [0.25, 0.3) is 0 Å². The summed E-state index contributed by atoms with van der Waals surface area (Å²) in [6, 6.07) is 4.81. The third-order valence-corrected chi connectivity index (χ3v) is 0.990. The Morgan fingerprint density at radius 3 is 1.60 bits per heavy atom. The first-order valence-electron chi connectivity index (χ1n) is 2.39. The Hall–Kier alpha value is -0.354. The van der Waals surface area contributed by atoms with E-state index in [-0.39, 0.29) is 16.8 Å². The van der Waals surface area contributed by atoms with Crippen LogP contribution in [0, 0.1) is 0 Å². The molecule has 10 heavy (non-hydrogen) atoms. The molecule has 0 amide bonds. The SMILES string of the molecule is FC(F)(F)[c-]1cccc1.[Co]. The van der Waals surface area contributed by atoms with Crippen molar-refractivity contribution in [2.45, 2.75) is 6.18 Å². The van der Waals surface area contributed by atoms with Crippen molar-refractivity contribution in [3.05, 3.63) is 29.8 Å². The molecule has 1 aromatic rings. The van der Waals surface area contributed by atoms with Crippen molar-refractivity contribution in [1.82, 2.24) is 0 Å². The standard InChI is InChI=1S/C6H4F3.Co/c7-6(8,9)5-3-1-2-4-5;/h1-4H;/q-1;. The van der Waals surface area contributed by atoms with Crippen LogP contribution in [-0.2, 0) is 23.0 Å². The number of alkyl halides is 3. The van der Waals surface area contributed by atoms with Crippen molar-refractivity contribution in [3.63, 3.8) is 0 Å². The van der Waals surface area contributed by atoms with Crippen LogP contribution in [0.5, 0.6) is 0 Å². The van der Waals surface area contributed by atoms with Crippen LogP contribution in [0.1, 0.15) is 5.56 Å². The molecule has 1 aromatic carbocycles. The third-order valence-electron chi connectivity index (χ3n) is 0.990. The van der Waals surface area contributed by atoms with Crippen LogP contribution >= 0.6 is 0 Å². The van der Waals surface area contributed by atoms with Gasteiger partial charge in [-0.3, -0.25) is 0 Å². The molecule has 0 aliphatic heterocycles. The van der Waals surface area contributed by atoms with E-state index in [2.05, 4.69) is 0 Å². The van der Waals surface area contributed by atoms with Crippen molar-refractivity contribution >= 4 is 0 Å². The van der Waals surface area contributed by atoms with Gasteiger partial charge in [-0.05, 0) is 0 Å². The largest absolute Gasteiger partial charge is 0.370 e. The second-order valence-corrected chi connectivity index (χ2v) is 1.67. The molecule has 0 spiro atoms. The first kappa shape index (κ1) is 9.65. The first-order valence-corrected chi connectivity index (χ1v) is 2.39. The second-order valence-electron chi connectivity index (χ2n) is 1.67. The van der Waals surface area contributed by atoms with E-state index >= 15 is 0 Å². The van der Waals surface area contributed by atoms with Gasteiger partial charge in [0, 0.05) is 16.8 Å². The van der Waals surface area contributed by atoms with Crippen molar-refractivity contribution < 1.29 is 30.0 Å². The maximum absolute atomic E-state index is 11.6. The monoisotopic (exact) mass is 192 g/mol. The van der Waals surface area contributed by atoms with Crippen molar-refractivity contribution in [2.75, 3.05) is 0 Å². The smallest absolute Gasteiger partial charge is 0.213 e. The summed E-state index contributed by atoms with van der Waals surface area (Å²) in [5.41, 5.74) is -0.581. The van der Waals surface area contributed by atoms with Crippen LogP contribution in [-0.4, -0.2) is 0 Å². The quantitative estimate of drug-likeness (QED) is 0.553. The van der Waals surface area contributed by atoms with Crippen LogP contribution < -0.4 is 0 Å². The van der Waals surface area contributed by atoms with Crippen LogP contribution in [0.4, 0.5) is 13.2 Å². The topological polar surface area (TPSA) is 0 Å². The average Bonchev–Trinajstić information content (AvgIpc) is 2.08. The molecule has 0 unspecified atom stereocenters. The zero-order valence-electron chi connectivity index (χ0n) is 4.78. The maximum atomic E-state index is 11.6. The molecule has 0 aliphatic carbocycles. The first-order chi connectivity index (χ1) is 4.11. The molecule has 0 fully saturated rings. The van der Waals surface area contributed by atoms with Gasteiger partial charge in [0.1, 0.15) is 0 Å². The van der Waals surface area contributed by atoms with Gasteiger partial charge in [0.2, 0.25) is 0 Å². The summed E-state index contributed by atoms with van der Waals surface area (Å²) in [5.74, 6) is 0. The molecule has 4 heteroatoms. The molecular formula is C6H4CoF3-. The van der Waals surface area contributed by atoms with E-state index in [0.717, 1.165) is 12.1 Å². The molecule has 1 rings (SSSR count). The van der Waals surface area contributed by atoms with Gasteiger partial charge >= 0.3 is 6.18 Å². The normalized spacial score (nSPS) is 10.7. The Morgan fingerprint density at radius 1 is 1.00 bits per heavy atom. The summed E-state index contributed by atoms with van der Waals surface area (Å²) in [4.78, 5) is 0. The Morgan fingerprint density at radius 2 is 1.40 bits per heavy atom. The van der Waals surface area contributed by atoms with E-state index in [1.54, 1.807) is 0 Å². The molecule has 0 heterocycles. The van der Waals surface area contributed by atoms with Crippen molar-refractivity contribution in [1.29, 1.82) is 0 Å². The Kier molecular flexibility index (Phi) is 3.05. The Bertz CT molecular complexity index is 175. The minimum atomic E-state index is -4.18. The summed E-state index contributed by atoms with van der Waals surface area (Å²) in [6.07, 6.45) is -4.18. The zero-order valence-corrected chi connectivity index (χ0v) is 5.82. The summed E-state index contributed by atoms with van der Waals surface area (Å²) in [7, 11) is 0. The molecule has 0 N–H and O–H groups in total. The molecule has 59 valence electrons. The minimum Gasteiger partial charge on any atom is -0.213 e. The second kappa shape index (κ2) is 3.16. The molecule has 0 aromatic heterocycles. The Balaban J connectivity index is 0.000000810. The fraction of sp³-hybridized carbons (Fsp3) is 0.167. The average molecular weight is 192 g/mol. The van der Waals surface area contributed by atoms with E-state index in [1.165, 1.54) is 12.1 Å². The van der Waals surface area contributed by atoms with Gasteiger partial charge in [-0.1, -0.05) is 5.56 Å². The van der Waals surface area contributed by atoms with Crippen molar-refractivity contribution in [2.24, 2.45) is 0 Å². The van der Waals surface area contributed by atoms with Crippen molar-refractivity contribution in [3.8, 4) is 0 Å². The summed E-state index contributed by atoms with van der Waals surface area (Å²) in [6.45, 7) is 0. The molecule has 0 atom stereocenters. The summed E-state index contributed by atoms with van der Waals surface area (Å²) >= 11 is 0. The molecule has 0 nitrogen and oxygen atoms in total. The van der Waals surface area contributed by atoms with Crippen LogP contribution in [0.3, 0.4) is 0 Å². The van der Waals surface area contributed by atoms with Crippen LogP contribution in [0.2, 0.25) is 0 Å². The number of rotatable bonds is 0. The van der Waals surface area contributed by atoms with E-state index < -0.39 is 11.7 Å². The fourth-order valence-electron chi connectivity index (χ4n) is 0.563. The third kappa shape index (κ3) is 2.11. The maximum Gasteiger partial charge on any atom is 0.370 e. The van der Waals surface area contributed by atoms with E-state index in [4.69, 9.17) is 0 Å². The molecular weight excluding hydrogens is 188 g/mol. The number of halogens is 3. The zero-order chi connectivity index (χ0) is 6.91. The molecule has 0 bridgehead atoms. The van der Waals surface area contributed by atoms with Gasteiger partial charge in [0.15, 0.2) is 0 Å². The van der Waals surface area contributed by atoms with Gasteiger partial charge in [-0.25, -0.2) is 12.1 Å². The summed E-state index contributed by atoms with van der Waals surface area (Å²) in [5, 5.41) is 0. The predicted molar refractivity (Wildman–Crippen MR) is 27.0 cm³/mol. The molecule has 0 saturated heterocycles. The van der Waals surface area contributed by atoms with Gasteiger partial charge in [0.25, 0.3) is 0 Å². The predicted octanol–water partition coefficient (Wildman–Crippen LogP) is 2.42. The van der Waals surface area contributed by atoms with E-state index in [0.29, 0.717) is 0 Å². The van der Waals surface area contributed by atoms with Gasteiger partial charge in [-0.2, -0.15) is 25.3 Å². The van der Waals surface area contributed by atoms with Gasteiger partial charge in [-0.15, -0.1) is 0 Å². The molecule has 0 aliphatic rings. The summed E-state index contributed by atoms with van der Waals surface area (Å²) < 4.78 is 34.9. The van der Waals surface area contributed by atoms with Crippen LogP contribution in [0.15, 0.2) is 24.3 Å². The fourth-order valence-corrected chi connectivity index (χ4v) is 0.563. The minimum absolute atomic E-state index is 0. The number of hydrogen-bond donors (Lipinski definition) is 0.